The van der Waals surface area contributed by atoms with E-state index in [1.807, 2.05) is 59.2 Å². The summed E-state index contributed by atoms with van der Waals surface area (Å²) in [6.07, 6.45) is 15.4. The van der Waals surface area contributed by atoms with Crippen molar-refractivity contribution in [2.24, 2.45) is 5.10 Å². The van der Waals surface area contributed by atoms with Gasteiger partial charge in [-0.25, -0.2) is 10.1 Å². The van der Waals surface area contributed by atoms with Crippen molar-refractivity contribution in [3.8, 4) is 22.6 Å². The Kier molecular flexibility index (Phi) is 13.9. The fraction of sp³-hybridized carbons (Fsp3) is 0.324. The maximum atomic E-state index is 12.9. The number of non-ortho nitro benzene ring substituents is 1. The van der Waals surface area contributed by atoms with Crippen molar-refractivity contribution >= 4 is 45.5 Å². The second kappa shape index (κ2) is 19.0. The first-order valence-electron chi connectivity index (χ1n) is 17.0. The van der Waals surface area contributed by atoms with Gasteiger partial charge in [-0.05, 0) is 42.8 Å². The van der Waals surface area contributed by atoms with Crippen LogP contribution in [0.1, 0.15) is 76.1 Å². The molecule has 0 radical (unpaired) electrons. The van der Waals surface area contributed by atoms with Crippen LogP contribution in [0, 0.1) is 10.1 Å². The lowest BCUT2D eigenvalue weighted by Crippen LogP contribution is -2.20. The maximum Gasteiger partial charge on any atom is 0.269 e. The van der Waals surface area contributed by atoms with Gasteiger partial charge in [0.05, 0.1) is 22.6 Å². The molecular formula is C37H41BrN8O3S. The number of carbonyl (C=O) groups is 1. The summed E-state index contributed by atoms with van der Waals surface area (Å²) < 4.78 is 4.60. The van der Waals surface area contributed by atoms with E-state index in [-0.39, 0.29) is 17.3 Å². The minimum atomic E-state index is -0.442. The molecule has 0 spiro atoms. The molecule has 11 nitrogen and oxygen atoms in total. The highest BCUT2D eigenvalue weighted by atomic mass is 79.9. The number of nitro groups is 1. The molecule has 1 N–H and O–H groups in total. The average molecular weight is 758 g/mol. The molecule has 0 fully saturated rings. The van der Waals surface area contributed by atoms with Crippen molar-refractivity contribution in [1.82, 2.24) is 30.0 Å². The third-order valence-corrected chi connectivity index (χ3v) is 9.59. The van der Waals surface area contributed by atoms with Crippen LogP contribution >= 0.6 is 27.7 Å². The predicted octanol–water partition coefficient (Wildman–Crippen LogP) is 9.11. The number of benzene rings is 3. The van der Waals surface area contributed by atoms with Crippen molar-refractivity contribution in [3.05, 3.63) is 111 Å². The van der Waals surface area contributed by atoms with Crippen molar-refractivity contribution in [2.45, 2.75) is 76.3 Å². The lowest BCUT2D eigenvalue weighted by molar-refractivity contribution is -0.384. The van der Waals surface area contributed by atoms with Crippen LogP contribution in [0.4, 0.5) is 5.69 Å². The molecular weight excluding hydrogens is 716 g/mol. The van der Waals surface area contributed by atoms with Gasteiger partial charge in [-0.15, -0.1) is 10.2 Å². The number of carbonyl (C=O) groups excluding carboxylic acids is 1. The van der Waals surface area contributed by atoms with E-state index in [1.165, 1.54) is 68.8 Å². The number of para-hydroxylation sites is 1. The van der Waals surface area contributed by atoms with Crippen LogP contribution in [-0.4, -0.2) is 47.3 Å². The van der Waals surface area contributed by atoms with Crippen LogP contribution in [0.5, 0.6) is 0 Å². The summed E-state index contributed by atoms with van der Waals surface area (Å²) in [6, 6.07) is 23.8. The van der Waals surface area contributed by atoms with Crippen LogP contribution in [0.3, 0.4) is 0 Å². The number of nitrogens with zero attached hydrogens (tertiary/aromatic N) is 7. The van der Waals surface area contributed by atoms with Gasteiger partial charge in [0.15, 0.2) is 5.16 Å². The monoisotopic (exact) mass is 756 g/mol. The highest BCUT2D eigenvalue weighted by molar-refractivity contribution is 9.10. The molecule has 0 aliphatic rings. The third-order valence-electron chi connectivity index (χ3n) is 8.13. The SMILES string of the molecule is CCCCCCCCCCCc1nnc(SCC(=O)NN=Cc2cn(-c3ccc([N+](=O)[O-])cc3)nc2-c2ccc(Br)cc2)n1-c1ccccc1. The number of thioether (sulfide) groups is 1. The number of halogens is 1. The Morgan fingerprint density at radius 1 is 0.900 bits per heavy atom. The van der Waals surface area contributed by atoms with Gasteiger partial charge in [-0.1, -0.05) is 116 Å². The largest absolute Gasteiger partial charge is 0.274 e. The number of hydrazone groups is 1. The molecule has 0 aliphatic carbocycles. The predicted molar refractivity (Wildman–Crippen MR) is 202 cm³/mol. The number of rotatable bonds is 19. The summed E-state index contributed by atoms with van der Waals surface area (Å²) in [6.45, 7) is 2.25. The van der Waals surface area contributed by atoms with Gasteiger partial charge in [0, 0.05) is 46.0 Å². The molecule has 0 unspecified atom stereocenters. The molecule has 260 valence electrons. The molecule has 50 heavy (non-hydrogen) atoms. The van der Waals surface area contributed by atoms with E-state index in [9.17, 15) is 14.9 Å². The molecule has 2 aromatic heterocycles. The fourth-order valence-corrected chi connectivity index (χ4v) is 6.52. The molecule has 2 heterocycles. The molecule has 0 saturated heterocycles. The molecule has 0 saturated carbocycles. The number of aryl methyl sites for hydroxylation is 1. The zero-order chi connectivity index (χ0) is 35.1. The topological polar surface area (TPSA) is 133 Å². The highest BCUT2D eigenvalue weighted by Gasteiger charge is 2.16. The number of hydrogen-bond acceptors (Lipinski definition) is 8. The Morgan fingerprint density at radius 2 is 1.58 bits per heavy atom. The Morgan fingerprint density at radius 3 is 2.26 bits per heavy atom. The average Bonchev–Trinajstić information content (AvgIpc) is 3.75. The molecule has 3 aromatic carbocycles. The van der Waals surface area contributed by atoms with E-state index in [4.69, 9.17) is 5.10 Å². The van der Waals surface area contributed by atoms with Crippen LogP contribution in [0.15, 0.2) is 99.8 Å². The molecule has 5 aromatic rings. The van der Waals surface area contributed by atoms with Gasteiger partial charge in [-0.2, -0.15) is 10.2 Å². The van der Waals surface area contributed by atoms with Crippen LogP contribution in [0.2, 0.25) is 0 Å². The quantitative estimate of drug-likeness (QED) is 0.0292. The number of nitro benzene ring substituents is 1. The molecule has 0 atom stereocenters. The smallest absolute Gasteiger partial charge is 0.269 e. The summed E-state index contributed by atoms with van der Waals surface area (Å²) >= 11 is 4.78. The van der Waals surface area contributed by atoms with Gasteiger partial charge in [0.1, 0.15) is 11.5 Å². The Bertz CT molecular complexity index is 1860. The van der Waals surface area contributed by atoms with Crippen LogP contribution in [0.25, 0.3) is 22.6 Å². The van der Waals surface area contributed by atoms with Crippen LogP contribution in [-0.2, 0) is 11.2 Å². The maximum absolute atomic E-state index is 12.9. The second-order valence-electron chi connectivity index (χ2n) is 11.9. The molecule has 13 heteroatoms. The Hall–Kier alpha value is -4.62. The summed E-state index contributed by atoms with van der Waals surface area (Å²) in [5.74, 6) is 0.704. The fourth-order valence-electron chi connectivity index (χ4n) is 5.50. The van der Waals surface area contributed by atoms with Crippen LogP contribution < -0.4 is 5.43 Å². The highest BCUT2D eigenvalue weighted by Crippen LogP contribution is 2.26. The summed E-state index contributed by atoms with van der Waals surface area (Å²) in [7, 11) is 0. The first-order valence-corrected chi connectivity index (χ1v) is 18.8. The van der Waals surface area contributed by atoms with Crippen molar-refractivity contribution < 1.29 is 9.72 Å². The second-order valence-corrected chi connectivity index (χ2v) is 13.7. The van der Waals surface area contributed by atoms with E-state index < -0.39 is 4.92 Å². The van der Waals surface area contributed by atoms with E-state index in [1.54, 1.807) is 29.2 Å². The Labute approximate surface area is 304 Å². The summed E-state index contributed by atoms with van der Waals surface area (Å²) in [5, 5.41) is 29.7. The molecule has 0 bridgehead atoms. The first-order chi connectivity index (χ1) is 24.4. The first kappa shape index (κ1) is 36.7. The minimum Gasteiger partial charge on any atom is -0.274 e. The molecule has 5 rings (SSSR count). The van der Waals surface area contributed by atoms with Crippen molar-refractivity contribution in [1.29, 1.82) is 0 Å². The number of hydrogen-bond donors (Lipinski definition) is 1. The van der Waals surface area contributed by atoms with E-state index in [2.05, 4.69) is 43.6 Å². The van der Waals surface area contributed by atoms with Gasteiger partial charge >= 0.3 is 0 Å². The number of amides is 1. The lowest BCUT2D eigenvalue weighted by atomic mass is 10.1. The zero-order valence-corrected chi connectivity index (χ0v) is 30.5. The number of nitrogens with one attached hydrogen (secondary N) is 1. The minimum absolute atomic E-state index is 0.00606. The Balaban J connectivity index is 1.22. The molecule has 0 aliphatic heterocycles. The van der Waals surface area contributed by atoms with Gasteiger partial charge in [0.25, 0.3) is 11.6 Å². The zero-order valence-electron chi connectivity index (χ0n) is 28.1. The van der Waals surface area contributed by atoms with Crippen molar-refractivity contribution in [2.75, 3.05) is 5.75 Å². The van der Waals surface area contributed by atoms with Gasteiger partial charge in [-0.3, -0.25) is 19.5 Å². The van der Waals surface area contributed by atoms with E-state index in [0.717, 1.165) is 40.8 Å². The standard InChI is InChI=1S/C37H41BrN8O3S/c1-2-3-4-5-6-7-8-9-13-16-34-40-42-37(45(34)32-14-11-10-12-15-32)50-27-35(47)41-39-25-29-26-44(31-21-23-33(24-22-31)46(48)49)43-36(29)28-17-19-30(38)20-18-28/h10-12,14-15,17-26H,2-9,13,16,27H2,1H3,(H,41,47). The lowest BCUT2D eigenvalue weighted by Gasteiger charge is -2.10. The third kappa shape index (κ3) is 10.4. The van der Waals surface area contributed by atoms with E-state index in [0.29, 0.717) is 22.1 Å². The summed E-state index contributed by atoms with van der Waals surface area (Å²) in [4.78, 5) is 23.6. The summed E-state index contributed by atoms with van der Waals surface area (Å²) in [5.41, 5.74) is 6.37. The number of unbranched alkanes of at least 4 members (excludes halogenated alkanes) is 8. The van der Waals surface area contributed by atoms with Gasteiger partial charge in [0.2, 0.25) is 0 Å². The molecule has 1 amide bonds. The number of aromatic nitrogens is 5. The van der Waals surface area contributed by atoms with Gasteiger partial charge < -0.3 is 0 Å². The van der Waals surface area contributed by atoms with E-state index >= 15 is 0 Å². The van der Waals surface area contributed by atoms with Crippen molar-refractivity contribution in [3.63, 3.8) is 0 Å². The normalized spacial score (nSPS) is 11.3.